The Morgan fingerprint density at radius 1 is 1.04 bits per heavy atom. The van der Waals surface area contributed by atoms with Crippen molar-refractivity contribution in [2.45, 2.75) is 51.1 Å². The number of fused-ring (bicyclic) bond motifs is 2. The fourth-order valence-electron chi connectivity index (χ4n) is 3.92. The van der Waals surface area contributed by atoms with Crippen molar-refractivity contribution in [3.05, 3.63) is 28.3 Å². The Kier molecular flexibility index (Phi) is 6.18. The molecule has 0 heterocycles. The van der Waals surface area contributed by atoms with Gasteiger partial charge in [0, 0.05) is 5.69 Å². The highest BCUT2D eigenvalue weighted by molar-refractivity contribution is 7.90. The van der Waals surface area contributed by atoms with Crippen LogP contribution < -0.4 is 15.4 Å². The van der Waals surface area contributed by atoms with E-state index in [9.17, 15) is 26.4 Å². The number of carbonyl (C=O) groups excluding carboxylic acids is 1. The number of sulfonamides is 1. The highest BCUT2D eigenvalue weighted by Crippen LogP contribution is 2.38. The summed E-state index contributed by atoms with van der Waals surface area (Å²) in [7, 11) is -3.93. The fourth-order valence-corrected chi connectivity index (χ4v) is 4.88. The quantitative estimate of drug-likeness (QED) is 0.593. The van der Waals surface area contributed by atoms with Crippen LogP contribution in [0.1, 0.15) is 41.5 Å². The summed E-state index contributed by atoms with van der Waals surface area (Å²) in [6.45, 7) is -1.28. The summed E-state index contributed by atoms with van der Waals surface area (Å²) in [5, 5.41) is 4.86. The first-order valence-corrected chi connectivity index (χ1v) is 11.1. The molecule has 6 nitrogen and oxygen atoms in total. The Labute approximate surface area is 162 Å². The van der Waals surface area contributed by atoms with Gasteiger partial charge in [0.15, 0.2) is 0 Å². The van der Waals surface area contributed by atoms with E-state index in [1.54, 1.807) is 0 Å². The van der Waals surface area contributed by atoms with Gasteiger partial charge in [-0.2, -0.15) is 13.2 Å². The largest absolute Gasteiger partial charge is 0.401 e. The molecule has 3 rings (SSSR count). The Balaban J connectivity index is 1.56. The number of amides is 2. The lowest BCUT2D eigenvalue weighted by molar-refractivity contribution is -0.124. The number of benzene rings is 1. The zero-order valence-corrected chi connectivity index (χ0v) is 16.2. The summed E-state index contributed by atoms with van der Waals surface area (Å²) in [6.07, 6.45) is 1.29. The number of rotatable bonds is 7. The molecular formula is C18H24F3N3O3S. The molecule has 0 unspecified atom stereocenters. The van der Waals surface area contributed by atoms with Crippen LogP contribution in [0.3, 0.4) is 0 Å². The van der Waals surface area contributed by atoms with Crippen molar-refractivity contribution in [3.8, 4) is 0 Å². The van der Waals surface area contributed by atoms with Gasteiger partial charge in [-0.3, -0.25) is 0 Å². The minimum atomic E-state index is -4.34. The van der Waals surface area contributed by atoms with E-state index in [1.807, 2.05) is 4.72 Å². The minimum absolute atomic E-state index is 0.0329. The molecule has 0 bridgehead atoms. The van der Waals surface area contributed by atoms with Crippen molar-refractivity contribution in [2.75, 3.05) is 24.2 Å². The van der Waals surface area contributed by atoms with Gasteiger partial charge in [0.2, 0.25) is 10.0 Å². The van der Waals surface area contributed by atoms with Crippen LogP contribution in [-0.4, -0.2) is 39.5 Å². The lowest BCUT2D eigenvalue weighted by Gasteiger charge is -2.16. The molecule has 2 aliphatic carbocycles. The van der Waals surface area contributed by atoms with Crippen molar-refractivity contribution >= 4 is 21.7 Å². The molecule has 0 radical (unpaired) electrons. The molecule has 2 amide bonds. The predicted molar refractivity (Wildman–Crippen MR) is 100.0 cm³/mol. The van der Waals surface area contributed by atoms with Gasteiger partial charge in [-0.15, -0.1) is 0 Å². The third-order valence-electron chi connectivity index (χ3n) is 5.05. The molecule has 0 saturated carbocycles. The number of alkyl halides is 3. The molecule has 0 atom stereocenters. The summed E-state index contributed by atoms with van der Waals surface area (Å²) in [5.41, 5.74) is 5.35. The molecule has 0 spiro atoms. The number of carbonyl (C=O) groups is 1. The van der Waals surface area contributed by atoms with E-state index in [4.69, 9.17) is 0 Å². The molecular weight excluding hydrogens is 395 g/mol. The Morgan fingerprint density at radius 2 is 1.64 bits per heavy atom. The van der Waals surface area contributed by atoms with Crippen LogP contribution in [0.15, 0.2) is 6.07 Å². The van der Waals surface area contributed by atoms with Crippen molar-refractivity contribution in [1.82, 2.24) is 10.0 Å². The van der Waals surface area contributed by atoms with Gasteiger partial charge in [0.05, 0.1) is 12.3 Å². The predicted octanol–water partition coefficient (Wildman–Crippen LogP) is 2.66. The van der Waals surface area contributed by atoms with E-state index in [0.717, 1.165) is 55.3 Å². The van der Waals surface area contributed by atoms with Crippen LogP contribution in [0.2, 0.25) is 0 Å². The smallest absolute Gasteiger partial charge is 0.309 e. The third kappa shape index (κ3) is 5.38. The van der Waals surface area contributed by atoms with Gasteiger partial charge in [0.1, 0.15) is 0 Å². The Hall–Kier alpha value is -1.81. The zero-order valence-electron chi connectivity index (χ0n) is 15.4. The molecule has 3 N–H and O–H groups in total. The topological polar surface area (TPSA) is 87.3 Å². The summed E-state index contributed by atoms with van der Waals surface area (Å²) in [5.74, 6) is -0.434. The fraction of sp³-hybridized carbons (Fsp3) is 0.611. The van der Waals surface area contributed by atoms with Crippen molar-refractivity contribution in [2.24, 2.45) is 0 Å². The van der Waals surface area contributed by atoms with E-state index in [0.29, 0.717) is 0 Å². The van der Waals surface area contributed by atoms with Gasteiger partial charge in [-0.1, -0.05) is 6.07 Å². The van der Waals surface area contributed by atoms with E-state index in [2.05, 4.69) is 16.7 Å². The first-order chi connectivity index (χ1) is 13.1. The molecule has 0 aliphatic heterocycles. The number of hydrogen-bond acceptors (Lipinski definition) is 4. The van der Waals surface area contributed by atoms with Crippen LogP contribution in [-0.2, 0) is 35.7 Å². The van der Waals surface area contributed by atoms with Gasteiger partial charge in [-0.05, 0) is 73.7 Å². The number of anilines is 1. The Morgan fingerprint density at radius 3 is 2.21 bits per heavy atom. The molecule has 0 saturated heterocycles. The summed E-state index contributed by atoms with van der Waals surface area (Å²) in [6, 6.07) is 1.39. The van der Waals surface area contributed by atoms with Crippen molar-refractivity contribution in [3.63, 3.8) is 0 Å². The van der Waals surface area contributed by atoms with Crippen LogP contribution in [0.4, 0.5) is 23.7 Å². The van der Waals surface area contributed by atoms with Gasteiger partial charge in [0.25, 0.3) is 0 Å². The monoisotopic (exact) mass is 419 g/mol. The van der Waals surface area contributed by atoms with Crippen molar-refractivity contribution < 1.29 is 26.4 Å². The first-order valence-electron chi connectivity index (χ1n) is 9.40. The molecule has 0 fully saturated rings. The third-order valence-corrected chi connectivity index (χ3v) is 6.37. The molecule has 28 heavy (non-hydrogen) atoms. The summed E-state index contributed by atoms with van der Waals surface area (Å²) >= 11 is 0. The van der Waals surface area contributed by atoms with Gasteiger partial charge >= 0.3 is 12.2 Å². The molecule has 156 valence electrons. The lowest BCUT2D eigenvalue weighted by Crippen LogP contribution is -2.37. The lowest BCUT2D eigenvalue weighted by atomic mass is 9.99. The molecule has 2 aliphatic rings. The molecule has 1 aromatic rings. The number of halogens is 3. The van der Waals surface area contributed by atoms with Crippen LogP contribution >= 0.6 is 0 Å². The Bertz CT molecular complexity index is 822. The summed E-state index contributed by atoms with van der Waals surface area (Å²) in [4.78, 5) is 12.3. The average molecular weight is 419 g/mol. The van der Waals surface area contributed by atoms with E-state index >= 15 is 0 Å². The first kappa shape index (κ1) is 20.9. The summed E-state index contributed by atoms with van der Waals surface area (Å²) < 4.78 is 62.2. The highest BCUT2D eigenvalue weighted by Gasteiger charge is 2.27. The maximum absolute atomic E-state index is 12.3. The van der Waals surface area contributed by atoms with Crippen molar-refractivity contribution in [1.29, 1.82) is 0 Å². The van der Waals surface area contributed by atoms with E-state index in [1.165, 1.54) is 11.1 Å². The number of aryl methyl sites for hydroxylation is 2. The number of nitrogens with one attached hydrogen (secondary N) is 3. The minimum Gasteiger partial charge on any atom is -0.309 e. The maximum atomic E-state index is 12.3. The maximum Gasteiger partial charge on any atom is 0.401 e. The van der Waals surface area contributed by atoms with Crippen LogP contribution in [0.25, 0.3) is 0 Å². The number of hydrogen-bond donors (Lipinski definition) is 3. The van der Waals surface area contributed by atoms with Gasteiger partial charge in [-0.25, -0.2) is 17.9 Å². The average Bonchev–Trinajstić information content (AvgIpc) is 3.21. The van der Waals surface area contributed by atoms with Gasteiger partial charge < -0.3 is 10.6 Å². The standard InChI is InChI=1S/C18H24F3N3O3S/c19-18(20,21)11-22-8-3-9-28(26,27)24-17(25)23-16-14-6-1-4-12(14)10-13-5-2-7-15(13)16/h10,22H,1-9,11H2,(H2,23,24,25). The molecule has 0 aromatic heterocycles. The second kappa shape index (κ2) is 8.28. The van der Waals surface area contributed by atoms with Crippen LogP contribution in [0.5, 0.6) is 0 Å². The van der Waals surface area contributed by atoms with E-state index in [-0.39, 0.29) is 13.0 Å². The zero-order chi connectivity index (χ0) is 20.4. The second-order valence-electron chi connectivity index (χ2n) is 7.25. The normalized spacial score (nSPS) is 16.0. The second-order valence-corrected chi connectivity index (χ2v) is 9.10. The SMILES string of the molecule is O=C(Nc1c2c(cc3c1CCC3)CCC2)NS(=O)(=O)CCCNCC(F)(F)F. The molecule has 10 heteroatoms. The number of urea groups is 1. The van der Waals surface area contributed by atoms with Crippen LogP contribution in [0, 0.1) is 0 Å². The highest BCUT2D eigenvalue weighted by atomic mass is 32.2. The molecule has 1 aromatic carbocycles. The van der Waals surface area contributed by atoms with E-state index < -0.39 is 34.5 Å².